The molecule has 0 aliphatic heterocycles. The molecule has 17 heteroatoms. The molecule has 2 nitrogen and oxygen atoms in total. The summed E-state index contributed by atoms with van der Waals surface area (Å²) >= 11 is 10.2. The maximum Gasteiger partial charge on any atom is 0.460 e. The Morgan fingerprint density at radius 2 is 1.14 bits per heavy atom. The van der Waals surface area contributed by atoms with Crippen molar-refractivity contribution in [3.05, 3.63) is 0 Å². The second-order valence-corrected chi connectivity index (χ2v) is 5.87. The van der Waals surface area contributed by atoms with E-state index >= 15 is 0 Å². The number of halogens is 15. The fourth-order valence-electron chi connectivity index (χ4n) is 1.39. The molecule has 168 valence electrons. The zero-order chi connectivity index (χ0) is 23.0. The molecule has 1 unspecified atom stereocenters. The molecule has 0 amide bonds. The van der Waals surface area contributed by atoms with E-state index in [1.165, 1.54) is 0 Å². The van der Waals surface area contributed by atoms with E-state index in [0.29, 0.717) is 0 Å². The Morgan fingerprint density at radius 1 is 0.750 bits per heavy atom. The zero-order valence-corrected chi connectivity index (χ0v) is 14.2. The van der Waals surface area contributed by atoms with Gasteiger partial charge in [-0.25, -0.2) is 0 Å². The van der Waals surface area contributed by atoms with Crippen molar-refractivity contribution in [2.75, 3.05) is 12.5 Å². The Bertz CT molecular complexity index is 561. The number of carbonyl (C=O) groups is 1. The van der Waals surface area contributed by atoms with Crippen molar-refractivity contribution in [1.29, 1.82) is 0 Å². The average molecular weight is 489 g/mol. The highest BCUT2D eigenvalue weighted by atomic mass is 35.5. The summed E-state index contributed by atoms with van der Waals surface area (Å²) in [5.41, 5.74) is 0. The third-order valence-corrected chi connectivity index (χ3v) is 3.85. The Balaban J connectivity index is 5.71. The number of esters is 1. The standard InChI is InChI=1S/C11H7Cl2F13O2/c12-3-4(13)5(27)28-2-1-6(14,15)7(16,17)8(18,19)9(20,21)10(22,23)11(24,25)26/h4H,1-3H2. The largest absolute Gasteiger partial charge is 0.464 e. The molecule has 0 rings (SSSR count). The molecule has 0 aromatic carbocycles. The topological polar surface area (TPSA) is 26.3 Å². The van der Waals surface area contributed by atoms with Gasteiger partial charge in [0.25, 0.3) is 0 Å². The van der Waals surface area contributed by atoms with E-state index in [0.717, 1.165) is 0 Å². The molecule has 0 aromatic rings. The van der Waals surface area contributed by atoms with Crippen LogP contribution in [0.1, 0.15) is 6.42 Å². The van der Waals surface area contributed by atoms with E-state index in [4.69, 9.17) is 23.2 Å². The summed E-state index contributed by atoms with van der Waals surface area (Å²) < 4.78 is 170. The van der Waals surface area contributed by atoms with Gasteiger partial charge in [-0.15, -0.1) is 23.2 Å². The predicted octanol–water partition coefficient (Wildman–Crippen LogP) is 5.50. The molecule has 0 saturated heterocycles. The molecular weight excluding hydrogens is 482 g/mol. The van der Waals surface area contributed by atoms with Gasteiger partial charge < -0.3 is 4.74 Å². The van der Waals surface area contributed by atoms with Crippen LogP contribution in [0.3, 0.4) is 0 Å². The van der Waals surface area contributed by atoms with Gasteiger partial charge in [0.1, 0.15) is 5.38 Å². The van der Waals surface area contributed by atoms with Crippen molar-refractivity contribution in [2.24, 2.45) is 0 Å². The SMILES string of the molecule is O=C(OCCC(F)(F)C(F)(F)C(F)(F)C(F)(F)C(F)(F)C(F)(F)F)C(Cl)CCl. The van der Waals surface area contributed by atoms with Gasteiger partial charge in [0.15, 0.2) is 0 Å². The third kappa shape index (κ3) is 4.49. The smallest absolute Gasteiger partial charge is 0.460 e. The Hall–Kier alpha value is -0.860. The zero-order valence-electron chi connectivity index (χ0n) is 12.7. The van der Waals surface area contributed by atoms with Gasteiger partial charge in [0.05, 0.1) is 13.0 Å². The van der Waals surface area contributed by atoms with Crippen molar-refractivity contribution in [2.45, 2.75) is 47.6 Å². The first-order valence-corrected chi connectivity index (χ1v) is 7.41. The van der Waals surface area contributed by atoms with Crippen LogP contribution in [0.25, 0.3) is 0 Å². The van der Waals surface area contributed by atoms with Gasteiger partial charge in [-0.1, -0.05) is 0 Å². The van der Waals surface area contributed by atoms with Crippen molar-refractivity contribution in [3.63, 3.8) is 0 Å². The van der Waals surface area contributed by atoms with Crippen LogP contribution >= 0.6 is 23.2 Å². The Labute approximate surface area is 156 Å². The first kappa shape index (κ1) is 27.1. The molecule has 0 heterocycles. The normalized spacial score (nSPS) is 16.1. The monoisotopic (exact) mass is 488 g/mol. The first-order chi connectivity index (χ1) is 12.1. The summed E-state index contributed by atoms with van der Waals surface area (Å²) in [4.78, 5) is 10.9. The minimum absolute atomic E-state index is 0.677. The van der Waals surface area contributed by atoms with Crippen LogP contribution in [0, 0.1) is 0 Å². The van der Waals surface area contributed by atoms with Gasteiger partial charge in [0.2, 0.25) is 0 Å². The van der Waals surface area contributed by atoms with E-state index in [1.807, 2.05) is 0 Å². The number of alkyl halides is 15. The fourth-order valence-corrected chi connectivity index (χ4v) is 1.58. The molecule has 28 heavy (non-hydrogen) atoms. The number of carbonyl (C=O) groups excluding carboxylic acids is 1. The predicted molar refractivity (Wildman–Crippen MR) is 66.7 cm³/mol. The summed E-state index contributed by atoms with van der Waals surface area (Å²) in [5, 5.41) is -1.70. The van der Waals surface area contributed by atoms with Crippen LogP contribution in [0.15, 0.2) is 0 Å². The van der Waals surface area contributed by atoms with Gasteiger partial charge in [-0.3, -0.25) is 4.79 Å². The highest BCUT2D eigenvalue weighted by Crippen LogP contribution is 2.60. The fraction of sp³-hybridized carbons (Fsp3) is 0.909. The van der Waals surface area contributed by atoms with Crippen LogP contribution in [0.5, 0.6) is 0 Å². The summed E-state index contributed by atoms with van der Waals surface area (Å²) in [5.74, 6) is -39.7. The van der Waals surface area contributed by atoms with Crippen LogP contribution in [0.4, 0.5) is 57.1 Å². The summed E-state index contributed by atoms with van der Waals surface area (Å²) in [7, 11) is 0. The van der Waals surface area contributed by atoms with Crippen molar-refractivity contribution < 1.29 is 66.6 Å². The maximum atomic E-state index is 13.3. The lowest BCUT2D eigenvalue weighted by atomic mass is 9.93. The first-order valence-electron chi connectivity index (χ1n) is 6.44. The molecule has 0 spiro atoms. The molecular formula is C11H7Cl2F13O2. The van der Waals surface area contributed by atoms with Crippen molar-refractivity contribution in [3.8, 4) is 0 Å². The maximum absolute atomic E-state index is 13.3. The molecule has 0 fully saturated rings. The highest BCUT2D eigenvalue weighted by molar-refractivity contribution is 6.35. The van der Waals surface area contributed by atoms with Crippen LogP contribution in [-0.4, -0.2) is 59.6 Å². The second-order valence-electron chi connectivity index (χ2n) is 5.04. The van der Waals surface area contributed by atoms with E-state index in [1.54, 1.807) is 0 Å². The number of ether oxygens (including phenoxy) is 1. The van der Waals surface area contributed by atoms with Gasteiger partial charge >= 0.3 is 41.8 Å². The third-order valence-electron chi connectivity index (χ3n) is 3.05. The van der Waals surface area contributed by atoms with Gasteiger partial charge in [-0.2, -0.15) is 57.1 Å². The summed E-state index contributed by atoms with van der Waals surface area (Å²) in [6, 6.07) is 0. The number of rotatable bonds is 9. The lowest BCUT2D eigenvalue weighted by Crippen LogP contribution is -2.70. The minimum atomic E-state index is -7.97. The molecule has 0 aliphatic carbocycles. The minimum Gasteiger partial charge on any atom is -0.464 e. The van der Waals surface area contributed by atoms with E-state index in [9.17, 15) is 61.9 Å². The molecule has 0 N–H and O–H groups in total. The van der Waals surface area contributed by atoms with Crippen molar-refractivity contribution >= 4 is 29.2 Å². The lowest BCUT2D eigenvalue weighted by Gasteiger charge is -2.39. The van der Waals surface area contributed by atoms with Crippen LogP contribution in [0.2, 0.25) is 0 Å². The summed E-state index contributed by atoms with van der Waals surface area (Å²) in [6.07, 6.45) is -10.1. The molecule has 0 aliphatic rings. The molecule has 0 radical (unpaired) electrons. The van der Waals surface area contributed by atoms with Crippen LogP contribution < -0.4 is 0 Å². The summed E-state index contributed by atoms with van der Waals surface area (Å²) in [6.45, 7) is -1.86. The Morgan fingerprint density at radius 3 is 1.50 bits per heavy atom. The number of hydrogen-bond acceptors (Lipinski definition) is 2. The molecule has 0 aromatic heterocycles. The van der Waals surface area contributed by atoms with Gasteiger partial charge in [-0.05, 0) is 0 Å². The van der Waals surface area contributed by atoms with Gasteiger partial charge in [0, 0.05) is 5.88 Å². The average Bonchev–Trinajstić information content (AvgIpc) is 2.51. The highest BCUT2D eigenvalue weighted by Gasteiger charge is 2.90. The lowest BCUT2D eigenvalue weighted by molar-refractivity contribution is -0.440. The van der Waals surface area contributed by atoms with E-state index in [-0.39, 0.29) is 0 Å². The molecule has 1 atom stereocenters. The van der Waals surface area contributed by atoms with E-state index < -0.39 is 66.0 Å². The quantitative estimate of drug-likeness (QED) is 0.243. The number of hydrogen-bond donors (Lipinski definition) is 0. The molecule has 0 bridgehead atoms. The van der Waals surface area contributed by atoms with Crippen molar-refractivity contribution in [1.82, 2.24) is 0 Å². The second kappa shape index (κ2) is 8.11. The Kier molecular flexibility index (Phi) is 7.86. The van der Waals surface area contributed by atoms with Crippen LogP contribution in [-0.2, 0) is 9.53 Å². The van der Waals surface area contributed by atoms with E-state index in [2.05, 4.69) is 4.74 Å². The molecule has 0 saturated carbocycles.